The molecular weight excluding hydrogens is 470 g/mol. The van der Waals surface area contributed by atoms with Crippen LogP contribution in [0.2, 0.25) is 52.4 Å². The van der Waals surface area contributed by atoms with Crippen LogP contribution in [0.3, 0.4) is 0 Å². The van der Waals surface area contributed by atoms with Crippen LogP contribution in [0.15, 0.2) is 29.5 Å². The molecule has 0 N–H and O–H groups in total. The summed E-state index contributed by atoms with van der Waals surface area (Å²) in [7, 11) is -1.65. The Morgan fingerprint density at radius 2 is 1.34 bits per heavy atom. The van der Waals surface area contributed by atoms with Gasteiger partial charge in [-0.1, -0.05) is 90.8 Å². The van der Waals surface area contributed by atoms with E-state index in [1.54, 1.807) is 7.11 Å². The molecule has 0 fully saturated rings. The van der Waals surface area contributed by atoms with Crippen molar-refractivity contribution in [1.29, 1.82) is 0 Å². The standard InChI is InChI=1S/C19H27OSi.2C4H11Si.Sc/c1-14-12-16(19(2,3)4)18(20-5)17(13-14)21(6,7)15-10-8-9-11-15;2*1-5(2,3)4;/h8-9,12-13H,10H2,1-7H3;2*1H2,2-4H3;/q3*-1;+3. The second-order valence-corrected chi connectivity index (χ2v) is 27.3. The third kappa shape index (κ3) is 13.7. The number of hydrogen-bond acceptors (Lipinski definition) is 1. The zero-order valence-corrected chi connectivity index (χ0v) is 28.2. The molecule has 0 aliphatic heterocycles. The maximum atomic E-state index is 5.88. The zero-order valence-electron chi connectivity index (χ0n) is 23.4. The first-order chi connectivity index (χ1) is 13.7. The van der Waals surface area contributed by atoms with Crippen LogP contribution in [0.4, 0.5) is 0 Å². The molecule has 1 aliphatic carbocycles. The van der Waals surface area contributed by atoms with E-state index in [-0.39, 0.29) is 31.3 Å². The maximum absolute atomic E-state index is 5.88. The van der Waals surface area contributed by atoms with Gasteiger partial charge < -0.3 is 17.8 Å². The molecule has 32 heavy (non-hydrogen) atoms. The Bertz CT molecular complexity index is 750. The Morgan fingerprint density at radius 1 is 0.906 bits per heavy atom. The van der Waals surface area contributed by atoms with Crippen LogP contribution in [-0.2, 0) is 31.3 Å². The number of rotatable bonds is 3. The summed E-state index contributed by atoms with van der Waals surface area (Å²) in [5.74, 6) is 1.09. The Kier molecular flexibility index (Phi) is 14.1. The van der Waals surface area contributed by atoms with E-state index in [1.807, 2.05) is 0 Å². The molecule has 5 heteroatoms. The van der Waals surface area contributed by atoms with E-state index in [9.17, 15) is 0 Å². The van der Waals surface area contributed by atoms with Crippen molar-refractivity contribution in [2.45, 2.75) is 91.9 Å². The molecule has 0 unspecified atom stereocenters. The Balaban J connectivity index is 0. The van der Waals surface area contributed by atoms with E-state index in [0.717, 1.165) is 12.2 Å². The average molecular weight is 519 g/mol. The summed E-state index contributed by atoms with van der Waals surface area (Å²) in [6.45, 7) is 34.9. The Morgan fingerprint density at radius 3 is 1.66 bits per heavy atom. The van der Waals surface area contributed by atoms with Crippen LogP contribution < -0.4 is 9.92 Å². The van der Waals surface area contributed by atoms with Gasteiger partial charge in [0.05, 0.1) is 15.2 Å². The molecule has 2 rings (SSSR count). The Hall–Kier alpha value is 0.0208. The van der Waals surface area contributed by atoms with Gasteiger partial charge in [0.15, 0.2) is 0 Å². The molecule has 0 aromatic heterocycles. The van der Waals surface area contributed by atoms with Crippen LogP contribution >= 0.6 is 0 Å². The molecule has 0 saturated heterocycles. The maximum Gasteiger partial charge on any atom is 3.00 e. The van der Waals surface area contributed by atoms with Gasteiger partial charge in [-0.25, -0.2) is 12.2 Å². The molecule has 0 bridgehead atoms. The van der Waals surface area contributed by atoms with E-state index in [0.29, 0.717) is 0 Å². The third-order valence-electron chi connectivity index (χ3n) is 4.37. The summed E-state index contributed by atoms with van der Waals surface area (Å²) >= 11 is 0. The molecular formula is C27H49OScSi3. The number of aryl methyl sites for hydroxylation is 1. The van der Waals surface area contributed by atoms with E-state index >= 15 is 0 Å². The minimum absolute atomic E-state index is 0. The first-order valence-corrected chi connectivity index (χ1v) is 21.8. The summed E-state index contributed by atoms with van der Waals surface area (Å²) in [6.07, 6.45) is 8.78. The largest absolute Gasteiger partial charge is 3.00 e. The molecule has 0 radical (unpaired) electrons. The summed E-state index contributed by atoms with van der Waals surface area (Å²) in [5, 5.41) is 2.87. The Labute approximate surface area is 223 Å². The van der Waals surface area contributed by atoms with Crippen molar-refractivity contribution in [3.05, 3.63) is 59.8 Å². The van der Waals surface area contributed by atoms with Crippen LogP contribution in [0.5, 0.6) is 5.75 Å². The fourth-order valence-electron chi connectivity index (χ4n) is 3.01. The fraction of sp³-hybridized carbons (Fsp3) is 0.556. The van der Waals surface area contributed by atoms with E-state index in [4.69, 9.17) is 4.74 Å². The van der Waals surface area contributed by atoms with Gasteiger partial charge in [0.2, 0.25) is 0 Å². The number of benzene rings is 1. The van der Waals surface area contributed by atoms with Crippen molar-refractivity contribution in [2.24, 2.45) is 0 Å². The molecule has 0 heterocycles. The molecule has 1 aliphatic rings. The van der Waals surface area contributed by atoms with E-state index in [1.165, 1.54) is 21.5 Å². The topological polar surface area (TPSA) is 9.23 Å². The molecule has 0 amide bonds. The first kappa shape index (κ1) is 34.2. The van der Waals surface area contributed by atoms with Crippen molar-refractivity contribution in [3.63, 3.8) is 0 Å². The number of hydrogen-bond donors (Lipinski definition) is 0. The predicted molar refractivity (Wildman–Crippen MR) is 151 cm³/mol. The number of allylic oxidation sites excluding steroid dienone is 4. The van der Waals surface area contributed by atoms with Crippen molar-refractivity contribution in [2.75, 3.05) is 7.11 Å². The van der Waals surface area contributed by atoms with Gasteiger partial charge in [0, 0.05) is 0 Å². The molecule has 1 aromatic carbocycles. The second kappa shape index (κ2) is 13.2. The quantitative estimate of drug-likeness (QED) is 0.292. The van der Waals surface area contributed by atoms with Crippen LogP contribution in [0.1, 0.15) is 38.3 Å². The van der Waals surface area contributed by atoms with Gasteiger partial charge in [-0.15, -0.1) is 22.6 Å². The van der Waals surface area contributed by atoms with Gasteiger partial charge >= 0.3 is 25.8 Å². The normalized spacial score (nSPS) is 13.8. The van der Waals surface area contributed by atoms with Crippen molar-refractivity contribution >= 4 is 29.4 Å². The zero-order chi connectivity index (χ0) is 24.8. The van der Waals surface area contributed by atoms with Crippen LogP contribution in [-0.4, -0.2) is 31.3 Å². The number of ether oxygens (including phenoxy) is 1. The van der Waals surface area contributed by atoms with Crippen molar-refractivity contribution in [3.8, 4) is 5.75 Å². The minimum atomic E-state index is -1.74. The van der Waals surface area contributed by atoms with Gasteiger partial charge in [-0.2, -0.15) is 5.20 Å². The van der Waals surface area contributed by atoms with Gasteiger partial charge in [0.25, 0.3) is 0 Å². The second-order valence-electron chi connectivity index (χ2n) is 12.6. The summed E-state index contributed by atoms with van der Waals surface area (Å²) in [6, 6.07) is 4.60. The average Bonchev–Trinajstić information content (AvgIpc) is 3.05. The van der Waals surface area contributed by atoms with E-state index in [2.05, 4.69) is 124 Å². The van der Waals surface area contributed by atoms with Gasteiger partial charge in [-0.05, 0) is 23.1 Å². The van der Waals surface area contributed by atoms with Crippen LogP contribution in [0, 0.1) is 26.1 Å². The molecule has 0 saturated carbocycles. The summed E-state index contributed by atoms with van der Waals surface area (Å²) < 4.78 is 5.88. The third-order valence-corrected chi connectivity index (χ3v) is 7.95. The van der Waals surface area contributed by atoms with Crippen molar-refractivity contribution < 1.29 is 30.6 Å². The van der Waals surface area contributed by atoms with Crippen LogP contribution in [0.25, 0.3) is 0 Å². The fourth-order valence-corrected chi connectivity index (χ4v) is 5.80. The predicted octanol–water partition coefficient (Wildman–Crippen LogP) is 7.84. The summed E-state index contributed by atoms with van der Waals surface area (Å²) in [5.41, 5.74) is 2.72. The SMILES string of the molecule is COc1c(C(C)(C)C)cc(C)cc1[Si](C)(C)C1=[C-]C=CC1.[CH2-][Si](C)(C)C.[CH2-][Si](C)(C)C.[Sc+3]. The molecule has 0 atom stereocenters. The van der Waals surface area contributed by atoms with Gasteiger partial charge in [0.1, 0.15) is 5.75 Å². The van der Waals surface area contributed by atoms with E-state index < -0.39 is 24.2 Å². The van der Waals surface area contributed by atoms with Crippen molar-refractivity contribution in [1.82, 2.24) is 0 Å². The van der Waals surface area contributed by atoms with Gasteiger partial charge in [-0.3, -0.25) is 6.08 Å². The molecule has 1 aromatic rings. The molecule has 1 nitrogen and oxygen atoms in total. The molecule has 178 valence electrons. The monoisotopic (exact) mass is 518 g/mol. The smallest absolute Gasteiger partial charge is 0.497 e. The minimum Gasteiger partial charge on any atom is -0.497 e. The molecule has 0 spiro atoms. The number of methoxy groups -OCH3 is 1. The first-order valence-electron chi connectivity index (χ1n) is 11.4. The summed E-state index contributed by atoms with van der Waals surface area (Å²) in [4.78, 5) is 0.